The zero-order valence-corrected chi connectivity index (χ0v) is 16.9. The smallest absolute Gasteiger partial charge is 0.345 e. The van der Waals surface area contributed by atoms with Gasteiger partial charge in [0.05, 0.1) is 5.69 Å². The number of rotatable bonds is 5. The van der Waals surface area contributed by atoms with E-state index in [9.17, 15) is 9.59 Å². The number of carbonyl (C=O) groups is 2. The molecule has 0 aliphatic heterocycles. The van der Waals surface area contributed by atoms with Gasteiger partial charge < -0.3 is 11.1 Å². The molecule has 2 aromatic rings. The number of hydrogen-bond donors (Lipinski definition) is 2. The summed E-state index contributed by atoms with van der Waals surface area (Å²) in [5.41, 5.74) is 13.1. The predicted octanol–water partition coefficient (Wildman–Crippen LogP) is 4.01. The van der Waals surface area contributed by atoms with Gasteiger partial charge in [0.25, 0.3) is 0 Å². The summed E-state index contributed by atoms with van der Waals surface area (Å²) >= 11 is 0. The molecule has 1 saturated carbocycles. The third-order valence-electron chi connectivity index (χ3n) is 5.75. The van der Waals surface area contributed by atoms with Crippen LogP contribution in [-0.2, 0) is 19.3 Å². The molecule has 6 heteroatoms. The van der Waals surface area contributed by atoms with E-state index in [1.807, 2.05) is 26.0 Å². The van der Waals surface area contributed by atoms with Crippen molar-refractivity contribution in [3.05, 3.63) is 57.4 Å². The van der Waals surface area contributed by atoms with Gasteiger partial charge in [-0.05, 0) is 68.7 Å². The number of pyridine rings is 1. The van der Waals surface area contributed by atoms with Gasteiger partial charge in [0.15, 0.2) is 0 Å². The second kappa shape index (κ2) is 7.78. The van der Waals surface area contributed by atoms with Crippen LogP contribution < -0.4 is 11.1 Å². The number of nitrogens with one attached hydrogen (secondary N) is 1. The van der Waals surface area contributed by atoms with E-state index >= 15 is 0 Å². The number of nitrogens with two attached hydrogens (primary N) is 1. The Bertz CT molecular complexity index is 1020. The van der Waals surface area contributed by atoms with Crippen LogP contribution in [0.25, 0.3) is 0 Å². The van der Waals surface area contributed by atoms with E-state index in [1.54, 1.807) is 6.07 Å². The fraction of sp³-hybridized carbons (Fsp3) is 0.391. The molecule has 0 spiro atoms. The Hall–Kier alpha value is -3.02. The molecule has 4 rings (SSSR count). The fourth-order valence-corrected chi connectivity index (χ4v) is 4.13. The molecule has 0 radical (unpaired) electrons. The summed E-state index contributed by atoms with van der Waals surface area (Å²) < 4.78 is 0. The lowest BCUT2D eigenvalue weighted by Crippen LogP contribution is -2.15. The van der Waals surface area contributed by atoms with Crippen molar-refractivity contribution in [1.82, 2.24) is 4.98 Å². The lowest BCUT2D eigenvalue weighted by Gasteiger charge is -2.15. The molecule has 2 aliphatic rings. The predicted molar refractivity (Wildman–Crippen MR) is 114 cm³/mol. The minimum absolute atomic E-state index is 0.369. The number of aliphatic imine (C=N–C) groups is 1. The van der Waals surface area contributed by atoms with Crippen molar-refractivity contribution in [2.75, 3.05) is 5.32 Å². The number of aryl methyl sites for hydroxylation is 2. The summed E-state index contributed by atoms with van der Waals surface area (Å²) in [6, 6.07) is 5.05. The number of fused-ring (bicyclic) bond motifs is 1. The summed E-state index contributed by atoms with van der Waals surface area (Å²) in [4.78, 5) is 33.1. The SMILES string of the molecule is Cc1ccc(C(N)=O)c(C/C=N/C(=O)Nc2c(C)c(C3CC3)nc3c2CCC3)c1. The Labute approximate surface area is 170 Å². The van der Waals surface area contributed by atoms with Crippen molar-refractivity contribution < 1.29 is 9.59 Å². The Morgan fingerprint density at radius 3 is 2.79 bits per heavy atom. The van der Waals surface area contributed by atoms with Crippen LogP contribution in [-0.4, -0.2) is 23.1 Å². The first kappa shape index (κ1) is 19.3. The number of benzene rings is 1. The molecule has 29 heavy (non-hydrogen) atoms. The maximum absolute atomic E-state index is 12.5. The van der Waals surface area contributed by atoms with Crippen LogP contribution >= 0.6 is 0 Å². The van der Waals surface area contributed by atoms with Crippen molar-refractivity contribution >= 4 is 23.8 Å². The van der Waals surface area contributed by atoms with Gasteiger partial charge in [0.2, 0.25) is 5.91 Å². The van der Waals surface area contributed by atoms with E-state index in [0.717, 1.165) is 58.6 Å². The van der Waals surface area contributed by atoms with Crippen molar-refractivity contribution in [3.8, 4) is 0 Å². The van der Waals surface area contributed by atoms with Crippen LogP contribution in [0.2, 0.25) is 0 Å². The molecule has 6 nitrogen and oxygen atoms in total. The molecular formula is C23H26N4O2. The largest absolute Gasteiger partial charge is 0.366 e. The molecule has 3 N–H and O–H groups in total. The van der Waals surface area contributed by atoms with Gasteiger partial charge in [-0.3, -0.25) is 9.78 Å². The zero-order chi connectivity index (χ0) is 20.5. The van der Waals surface area contributed by atoms with E-state index in [-0.39, 0.29) is 0 Å². The van der Waals surface area contributed by atoms with E-state index in [1.165, 1.54) is 19.1 Å². The number of aromatic nitrogens is 1. The van der Waals surface area contributed by atoms with Gasteiger partial charge in [-0.2, -0.15) is 0 Å². The van der Waals surface area contributed by atoms with E-state index in [0.29, 0.717) is 17.9 Å². The Kier molecular flexibility index (Phi) is 5.18. The van der Waals surface area contributed by atoms with E-state index in [2.05, 4.69) is 10.3 Å². The van der Waals surface area contributed by atoms with Gasteiger partial charge in [-0.1, -0.05) is 17.7 Å². The van der Waals surface area contributed by atoms with E-state index in [4.69, 9.17) is 10.7 Å². The molecule has 0 atom stereocenters. The number of carbonyl (C=O) groups excluding carboxylic acids is 2. The standard InChI is InChI=1S/C23H26N4O2/c1-13-6-9-17(22(24)28)16(12-13)10-11-25-23(29)27-21-14(2)20(15-7-8-15)26-19-5-3-4-18(19)21/h6,9,11-12,15H,3-5,7-8,10H2,1-2H3,(H2,24,28)(H,26,27,29)/b25-11+. The highest BCUT2D eigenvalue weighted by Crippen LogP contribution is 2.44. The second-order valence-corrected chi connectivity index (χ2v) is 8.02. The molecule has 1 aromatic carbocycles. The van der Waals surface area contributed by atoms with Crippen molar-refractivity contribution in [2.24, 2.45) is 10.7 Å². The molecule has 0 saturated heterocycles. The second-order valence-electron chi connectivity index (χ2n) is 8.02. The lowest BCUT2D eigenvalue weighted by atomic mass is 10.0. The summed E-state index contributed by atoms with van der Waals surface area (Å²) in [7, 11) is 0. The first-order valence-corrected chi connectivity index (χ1v) is 10.2. The molecule has 150 valence electrons. The number of amides is 3. The van der Waals surface area contributed by atoms with Gasteiger partial charge >= 0.3 is 6.03 Å². The molecule has 0 unspecified atom stereocenters. The van der Waals surface area contributed by atoms with Crippen molar-refractivity contribution in [3.63, 3.8) is 0 Å². The Balaban J connectivity index is 1.51. The third-order valence-corrected chi connectivity index (χ3v) is 5.75. The summed E-state index contributed by atoms with van der Waals surface area (Å²) in [5, 5.41) is 3.00. The molecule has 3 amide bonds. The minimum Gasteiger partial charge on any atom is -0.366 e. The molecule has 1 aromatic heterocycles. The van der Waals surface area contributed by atoms with Crippen LogP contribution in [0.5, 0.6) is 0 Å². The normalized spacial score (nSPS) is 15.5. The van der Waals surface area contributed by atoms with Crippen LogP contribution in [0.1, 0.15) is 69.2 Å². The van der Waals surface area contributed by atoms with Gasteiger partial charge in [-0.15, -0.1) is 0 Å². The highest BCUT2D eigenvalue weighted by atomic mass is 16.2. The highest BCUT2D eigenvalue weighted by molar-refractivity contribution is 5.98. The average molecular weight is 390 g/mol. The van der Waals surface area contributed by atoms with Crippen molar-refractivity contribution in [2.45, 2.75) is 58.3 Å². The van der Waals surface area contributed by atoms with Crippen LogP contribution in [0.4, 0.5) is 10.5 Å². The maximum atomic E-state index is 12.5. The van der Waals surface area contributed by atoms with Crippen LogP contribution in [0.15, 0.2) is 23.2 Å². The number of primary amides is 1. The minimum atomic E-state index is -0.478. The van der Waals surface area contributed by atoms with Crippen molar-refractivity contribution in [1.29, 1.82) is 0 Å². The lowest BCUT2D eigenvalue weighted by molar-refractivity contribution is 0.0999. The van der Waals surface area contributed by atoms with Gasteiger partial charge in [0.1, 0.15) is 0 Å². The summed E-state index contributed by atoms with van der Waals surface area (Å²) in [5.74, 6) is 0.0574. The Morgan fingerprint density at radius 1 is 1.28 bits per heavy atom. The molecular weight excluding hydrogens is 364 g/mol. The average Bonchev–Trinajstić information content (AvgIpc) is 3.41. The number of urea groups is 1. The maximum Gasteiger partial charge on any atom is 0.345 e. The monoisotopic (exact) mass is 390 g/mol. The number of hydrogen-bond acceptors (Lipinski definition) is 3. The quantitative estimate of drug-likeness (QED) is 0.755. The van der Waals surface area contributed by atoms with Gasteiger partial charge in [0, 0.05) is 35.5 Å². The molecule has 0 bridgehead atoms. The van der Waals surface area contributed by atoms with Crippen LogP contribution in [0, 0.1) is 13.8 Å². The molecule has 1 heterocycles. The highest BCUT2D eigenvalue weighted by Gasteiger charge is 2.31. The first-order valence-electron chi connectivity index (χ1n) is 10.2. The van der Waals surface area contributed by atoms with Crippen LogP contribution in [0.3, 0.4) is 0 Å². The molecule has 2 aliphatic carbocycles. The Morgan fingerprint density at radius 2 is 2.07 bits per heavy atom. The van der Waals surface area contributed by atoms with E-state index < -0.39 is 11.9 Å². The first-order chi connectivity index (χ1) is 13.9. The number of anilines is 1. The fourth-order valence-electron chi connectivity index (χ4n) is 4.13. The number of nitrogens with zero attached hydrogens (tertiary/aromatic N) is 2. The zero-order valence-electron chi connectivity index (χ0n) is 16.9. The summed E-state index contributed by atoms with van der Waals surface area (Å²) in [6.45, 7) is 3.99. The third kappa shape index (κ3) is 4.06. The van der Waals surface area contributed by atoms with Gasteiger partial charge in [-0.25, -0.2) is 9.79 Å². The topological polar surface area (TPSA) is 97.4 Å². The summed E-state index contributed by atoms with van der Waals surface area (Å²) in [6.07, 6.45) is 7.26. The molecule has 1 fully saturated rings.